The van der Waals surface area contributed by atoms with Crippen LogP contribution >= 0.6 is 0 Å². The molecule has 1 heterocycles. The fourth-order valence-corrected chi connectivity index (χ4v) is 1.14. The van der Waals surface area contributed by atoms with Crippen molar-refractivity contribution in [3.63, 3.8) is 0 Å². The third kappa shape index (κ3) is 1.11. The maximum Gasteiger partial charge on any atom is 0.231 e. The van der Waals surface area contributed by atoms with Crippen molar-refractivity contribution >= 4 is 5.91 Å². The van der Waals surface area contributed by atoms with E-state index in [1.165, 1.54) is 0 Å². The highest BCUT2D eigenvalue weighted by Gasteiger charge is 2.25. The number of hydrogen-bond donors (Lipinski definition) is 1. The van der Waals surface area contributed by atoms with Crippen molar-refractivity contribution in [3.05, 3.63) is 36.6 Å². The van der Waals surface area contributed by atoms with Crippen LogP contribution in [0.1, 0.15) is 6.92 Å². The van der Waals surface area contributed by atoms with Gasteiger partial charge in [-0.2, -0.15) is 0 Å². The number of nitrogens with one attached hydrogen (secondary N) is 1. The topological polar surface area (TPSA) is 29.1 Å². The number of carbonyl (C=O) groups is 1. The SMILES string of the molecule is C=CC1=C(C=C)C(C)C(=O)N1. The predicted octanol–water partition coefficient (Wildman–Crippen LogP) is 1.38. The third-order valence-electron chi connectivity index (χ3n) is 1.85. The van der Waals surface area contributed by atoms with Crippen molar-refractivity contribution < 1.29 is 4.79 Å². The number of rotatable bonds is 2. The Bertz CT molecular complexity index is 250. The van der Waals surface area contributed by atoms with Crippen LogP contribution in [-0.4, -0.2) is 5.91 Å². The zero-order valence-corrected chi connectivity index (χ0v) is 6.55. The highest BCUT2D eigenvalue weighted by Crippen LogP contribution is 2.22. The van der Waals surface area contributed by atoms with E-state index < -0.39 is 0 Å². The van der Waals surface area contributed by atoms with Gasteiger partial charge in [0.05, 0.1) is 5.92 Å². The van der Waals surface area contributed by atoms with Gasteiger partial charge in [-0.1, -0.05) is 19.2 Å². The quantitative estimate of drug-likeness (QED) is 0.631. The smallest absolute Gasteiger partial charge is 0.231 e. The zero-order chi connectivity index (χ0) is 8.43. The molecule has 0 spiro atoms. The minimum Gasteiger partial charge on any atom is -0.325 e. The Balaban J connectivity index is 3.04. The Hall–Kier alpha value is -1.31. The summed E-state index contributed by atoms with van der Waals surface area (Å²) in [6.45, 7) is 9.07. The standard InChI is InChI=1S/C9H11NO/c1-4-7-6(3)9(11)10-8(7)5-2/h4-6H,1-2H2,3H3,(H,10,11). The van der Waals surface area contributed by atoms with Crippen LogP contribution < -0.4 is 5.32 Å². The van der Waals surface area contributed by atoms with E-state index in [0.29, 0.717) is 0 Å². The summed E-state index contributed by atoms with van der Waals surface area (Å²) in [6, 6.07) is 0. The Labute approximate surface area is 66.3 Å². The second-order valence-electron chi connectivity index (χ2n) is 2.49. The summed E-state index contributed by atoms with van der Waals surface area (Å²) in [5.41, 5.74) is 1.72. The molecule has 1 atom stereocenters. The molecule has 0 aromatic carbocycles. The average molecular weight is 149 g/mol. The van der Waals surface area contributed by atoms with E-state index >= 15 is 0 Å². The van der Waals surface area contributed by atoms with Gasteiger partial charge in [0.2, 0.25) is 5.91 Å². The molecule has 1 N–H and O–H groups in total. The van der Waals surface area contributed by atoms with Crippen molar-refractivity contribution in [2.75, 3.05) is 0 Å². The van der Waals surface area contributed by atoms with Gasteiger partial charge in [0.1, 0.15) is 0 Å². The number of hydrogen-bond acceptors (Lipinski definition) is 1. The van der Waals surface area contributed by atoms with E-state index in [-0.39, 0.29) is 11.8 Å². The molecule has 58 valence electrons. The van der Waals surface area contributed by atoms with Gasteiger partial charge in [-0.3, -0.25) is 4.79 Å². The summed E-state index contributed by atoms with van der Waals surface area (Å²) in [7, 11) is 0. The van der Waals surface area contributed by atoms with Gasteiger partial charge in [0.25, 0.3) is 0 Å². The van der Waals surface area contributed by atoms with Crippen LogP contribution in [0.2, 0.25) is 0 Å². The Kier molecular flexibility index (Phi) is 1.94. The Morgan fingerprint density at radius 1 is 1.45 bits per heavy atom. The highest BCUT2D eigenvalue weighted by atomic mass is 16.2. The maximum absolute atomic E-state index is 11.1. The van der Waals surface area contributed by atoms with Gasteiger partial charge in [0.15, 0.2) is 0 Å². The largest absolute Gasteiger partial charge is 0.325 e. The first kappa shape index (κ1) is 7.79. The number of carbonyl (C=O) groups excluding carboxylic acids is 1. The normalized spacial score (nSPS) is 23.4. The van der Waals surface area contributed by atoms with Crippen LogP contribution in [0.5, 0.6) is 0 Å². The first-order chi connectivity index (χ1) is 5.20. The van der Waals surface area contributed by atoms with Crippen LogP contribution in [0.3, 0.4) is 0 Å². The second kappa shape index (κ2) is 2.74. The highest BCUT2D eigenvalue weighted by molar-refractivity contribution is 5.88. The Morgan fingerprint density at radius 2 is 2.09 bits per heavy atom. The van der Waals surface area contributed by atoms with E-state index in [2.05, 4.69) is 18.5 Å². The summed E-state index contributed by atoms with van der Waals surface area (Å²) in [4.78, 5) is 11.1. The van der Waals surface area contributed by atoms with Crippen molar-refractivity contribution in [1.82, 2.24) is 5.32 Å². The van der Waals surface area contributed by atoms with Crippen LogP contribution in [0.15, 0.2) is 36.6 Å². The molecule has 0 bridgehead atoms. The van der Waals surface area contributed by atoms with E-state index in [1.54, 1.807) is 12.2 Å². The first-order valence-corrected chi connectivity index (χ1v) is 3.50. The molecule has 1 amide bonds. The average Bonchev–Trinajstić information content (AvgIpc) is 2.28. The van der Waals surface area contributed by atoms with Gasteiger partial charge in [-0.25, -0.2) is 0 Å². The summed E-state index contributed by atoms with van der Waals surface area (Å²) in [5.74, 6) is -0.0599. The molecule has 2 heteroatoms. The molecule has 0 aliphatic carbocycles. The molecule has 1 aliphatic heterocycles. The molecular weight excluding hydrogens is 138 g/mol. The van der Waals surface area contributed by atoms with Crippen molar-refractivity contribution in [3.8, 4) is 0 Å². The first-order valence-electron chi connectivity index (χ1n) is 3.50. The molecule has 0 saturated heterocycles. The van der Waals surface area contributed by atoms with Crippen LogP contribution in [0.4, 0.5) is 0 Å². The Morgan fingerprint density at radius 3 is 2.45 bits per heavy atom. The molecule has 0 radical (unpaired) electrons. The monoisotopic (exact) mass is 149 g/mol. The molecule has 0 aromatic rings. The van der Waals surface area contributed by atoms with E-state index in [9.17, 15) is 4.79 Å². The molecule has 2 nitrogen and oxygen atoms in total. The van der Waals surface area contributed by atoms with Crippen molar-refractivity contribution in [1.29, 1.82) is 0 Å². The third-order valence-corrected chi connectivity index (χ3v) is 1.85. The fraction of sp³-hybridized carbons (Fsp3) is 0.222. The lowest BCUT2D eigenvalue weighted by atomic mass is 10.0. The molecule has 1 aliphatic rings. The molecule has 1 rings (SSSR count). The number of allylic oxidation sites excluding steroid dienone is 2. The van der Waals surface area contributed by atoms with Gasteiger partial charge < -0.3 is 5.32 Å². The lowest BCUT2D eigenvalue weighted by Gasteiger charge is -1.98. The molecule has 0 saturated carbocycles. The summed E-state index contributed by atoms with van der Waals surface area (Å²) in [5, 5.41) is 2.71. The molecule has 0 aromatic heterocycles. The molecule has 1 unspecified atom stereocenters. The molecular formula is C9H11NO. The predicted molar refractivity (Wildman–Crippen MR) is 44.7 cm³/mol. The lowest BCUT2D eigenvalue weighted by molar-refractivity contribution is -0.121. The lowest BCUT2D eigenvalue weighted by Crippen LogP contribution is -2.19. The van der Waals surface area contributed by atoms with Crippen molar-refractivity contribution in [2.45, 2.75) is 6.92 Å². The zero-order valence-electron chi connectivity index (χ0n) is 6.55. The molecule has 11 heavy (non-hydrogen) atoms. The summed E-state index contributed by atoms with van der Waals surface area (Å²) in [6.07, 6.45) is 3.33. The van der Waals surface area contributed by atoms with Gasteiger partial charge in [-0.05, 0) is 18.6 Å². The van der Waals surface area contributed by atoms with E-state index in [1.807, 2.05) is 6.92 Å². The van der Waals surface area contributed by atoms with Gasteiger partial charge in [-0.15, -0.1) is 0 Å². The van der Waals surface area contributed by atoms with Gasteiger partial charge >= 0.3 is 0 Å². The van der Waals surface area contributed by atoms with E-state index in [4.69, 9.17) is 0 Å². The maximum atomic E-state index is 11.1. The van der Waals surface area contributed by atoms with Crippen molar-refractivity contribution in [2.24, 2.45) is 5.92 Å². The minimum atomic E-state index is -0.0829. The minimum absolute atomic E-state index is 0.0230. The van der Waals surface area contributed by atoms with Gasteiger partial charge in [0, 0.05) is 5.70 Å². The second-order valence-corrected chi connectivity index (χ2v) is 2.49. The number of amides is 1. The van der Waals surface area contributed by atoms with E-state index in [0.717, 1.165) is 11.3 Å². The summed E-state index contributed by atoms with van der Waals surface area (Å²) < 4.78 is 0. The van der Waals surface area contributed by atoms with Crippen LogP contribution in [0, 0.1) is 5.92 Å². The molecule has 0 fully saturated rings. The fourth-order valence-electron chi connectivity index (χ4n) is 1.14. The van der Waals surface area contributed by atoms with Crippen LogP contribution in [0.25, 0.3) is 0 Å². The van der Waals surface area contributed by atoms with Crippen LogP contribution in [-0.2, 0) is 4.79 Å². The summed E-state index contributed by atoms with van der Waals surface area (Å²) >= 11 is 0.